The van der Waals surface area contributed by atoms with Gasteiger partial charge in [-0.05, 0) is 6.92 Å². The van der Waals surface area contributed by atoms with Gasteiger partial charge in [0.15, 0.2) is 0 Å². The van der Waals surface area contributed by atoms with Crippen LogP contribution in [0.3, 0.4) is 0 Å². The predicted octanol–water partition coefficient (Wildman–Crippen LogP) is 4.31. The second-order valence-electron chi connectivity index (χ2n) is 4.17. The van der Waals surface area contributed by atoms with Gasteiger partial charge in [-0.2, -0.15) is 36.4 Å². The minimum absolute atomic E-state index is 0. The molecule has 3 rings (SSSR count). The molecule has 205 valence electrons. The first-order valence-electron chi connectivity index (χ1n) is 5.73. The van der Waals surface area contributed by atoms with E-state index in [4.69, 9.17) is 0 Å². The quantitative estimate of drug-likeness (QED) is 0.320. The number of hydrogen-bond acceptors (Lipinski definition) is 0. The average molecular weight is 3860 g/mol. The fourth-order valence-corrected chi connectivity index (χ4v) is 2.18. The molecular weight excluding hydrogens is 3850 g/mol. The zero-order chi connectivity index (χ0) is 11.7. The van der Waals surface area contributed by atoms with Crippen molar-refractivity contribution in [3.63, 3.8) is 0 Å². The van der Waals surface area contributed by atoms with Crippen LogP contribution in [0.1, 0.15) is 5.56 Å². The van der Waals surface area contributed by atoms with E-state index in [1.54, 1.807) is 0 Å². The summed E-state index contributed by atoms with van der Waals surface area (Å²) in [5.41, 5.74) is 3.53. The minimum atomic E-state index is 0. The Kier molecular flexibility index (Phi) is 932. The van der Waals surface area contributed by atoms with E-state index in [-0.39, 0.29) is 1340 Å². The number of aryl methyl sites for hydroxylation is 1. The van der Waals surface area contributed by atoms with Gasteiger partial charge >= 0.3 is 0 Å². The Balaban J connectivity index is -0.00000000238. The molecule has 0 spiro atoms. The molecule has 0 heterocycles. The van der Waals surface area contributed by atoms with Gasteiger partial charge < -0.3 is 0 Å². The van der Waals surface area contributed by atoms with Crippen LogP contribution in [0.2, 0.25) is 0 Å². The van der Waals surface area contributed by atoms with Gasteiger partial charge in [-0.15, -0.1) is 29.0 Å². The molecule has 58 heavy (non-hydrogen) atoms. The number of rotatable bonds is 1. The van der Waals surface area contributed by atoms with E-state index in [9.17, 15) is 0 Å². The van der Waals surface area contributed by atoms with E-state index in [2.05, 4.69) is 49.4 Å². The predicted molar refractivity (Wildman–Crippen MR) is 71.8 cm³/mol. The van der Waals surface area contributed by atoms with E-state index in [0.29, 0.717) is 0 Å². The van der Waals surface area contributed by atoms with Crippen LogP contribution < -0.4 is 0 Å². The third-order valence-corrected chi connectivity index (χ3v) is 3.05. The molecule has 0 aliphatic rings. The van der Waals surface area contributed by atoms with Crippen LogP contribution in [0.5, 0.6) is 0 Å². The second kappa shape index (κ2) is 206. The van der Waals surface area contributed by atoms with Crippen LogP contribution in [-0.4, -0.2) is 0 Å². The van der Waals surface area contributed by atoms with Crippen molar-refractivity contribution in [3.05, 3.63) is 72.3 Å². The van der Waals surface area contributed by atoms with Crippen molar-refractivity contribution in [2.45, 2.75) is 6.92 Å². The molecule has 3 aromatic carbocycles. The summed E-state index contributed by atoms with van der Waals surface area (Å²) in [6.07, 6.45) is 0. The summed E-state index contributed by atoms with van der Waals surface area (Å²) in [4.78, 5) is 0. The molecule has 0 fully saturated rings. The number of fused-ring (bicyclic) bond motifs is 1. The van der Waals surface area contributed by atoms with Gasteiger partial charge in [0.05, 0.1) is 0 Å². The third kappa shape index (κ3) is 152. The Bertz CT molecular complexity index is 702. The largest absolute Gasteiger partial charge is 0.226 e. The summed E-state index contributed by atoms with van der Waals surface area (Å²) in [7, 11) is 0. The van der Waals surface area contributed by atoms with Crippen molar-refractivity contribution in [2.24, 2.45) is 0 Å². The van der Waals surface area contributed by atoms with Crippen LogP contribution in [0, 0.1) is 19.1 Å². The molecule has 0 nitrogen and oxygen atoms in total. The van der Waals surface area contributed by atoms with Gasteiger partial charge in [-0.25, -0.2) is 11.1 Å². The first kappa shape index (κ1) is 263. The zero-order valence-corrected chi connectivity index (χ0v) is 150. The molecule has 0 saturated carbocycles. The van der Waals surface area contributed by atoms with E-state index < -0.39 is 0 Å². The van der Waals surface area contributed by atoms with Gasteiger partial charge in [0, 0.05) is 1340 Å². The maximum absolute atomic E-state index is 3.32. The van der Waals surface area contributed by atoms with Crippen LogP contribution in [-0.2, 0) is 1340 Å². The van der Waals surface area contributed by atoms with Crippen molar-refractivity contribution >= 4 is 10.8 Å². The van der Waals surface area contributed by atoms with E-state index in [0.717, 1.165) is 11.1 Å². The normalized spacial score (nSPS) is 3.12. The fraction of sp³-hybridized carbons (Fsp3) is 0.0588. The summed E-state index contributed by atoms with van der Waals surface area (Å²) < 4.78 is 0. The molecule has 0 aromatic heterocycles. The van der Waals surface area contributed by atoms with Crippen molar-refractivity contribution in [1.29, 1.82) is 0 Å². The molecule has 0 amide bonds. The van der Waals surface area contributed by atoms with Gasteiger partial charge in [-0.3, -0.25) is 0 Å². The van der Waals surface area contributed by atoms with Crippen molar-refractivity contribution in [1.82, 2.24) is 0 Å². The third-order valence-electron chi connectivity index (χ3n) is 3.05. The molecule has 0 aliphatic carbocycles. The molecule has 3 aromatic rings. The van der Waals surface area contributed by atoms with Crippen molar-refractivity contribution < 1.29 is 1340 Å². The summed E-state index contributed by atoms with van der Waals surface area (Å²) in [5.74, 6) is 0. The molecule has 0 atom stereocenters. The van der Waals surface area contributed by atoms with E-state index in [1.807, 2.05) is 24.3 Å². The summed E-state index contributed by atoms with van der Waals surface area (Å²) >= 11 is 0. The van der Waals surface area contributed by atoms with Gasteiger partial charge in [-0.1, -0.05) is 17.7 Å². The molecule has 0 bridgehead atoms. The topological polar surface area (TPSA) is 0 Å². The second-order valence-corrected chi connectivity index (χ2v) is 4.17. The molecule has 0 N–H and O–H groups in total. The Morgan fingerprint density at radius 3 is 0.759 bits per heavy atom. The van der Waals surface area contributed by atoms with Crippen molar-refractivity contribution in [2.75, 3.05) is 0 Å². The molecular formula is C17H12Y41-2. The van der Waals surface area contributed by atoms with Crippen LogP contribution >= 0.6 is 0 Å². The van der Waals surface area contributed by atoms with Gasteiger partial charge in [0.25, 0.3) is 0 Å². The van der Waals surface area contributed by atoms with Crippen molar-refractivity contribution in [3.8, 4) is 11.1 Å². The maximum atomic E-state index is 3.32. The number of benzene rings is 3. The molecule has 0 aliphatic heterocycles. The van der Waals surface area contributed by atoms with E-state index >= 15 is 0 Å². The minimum Gasteiger partial charge on any atom is -0.226 e. The Labute approximate surface area is 1390 Å². The molecule has 0 saturated heterocycles. The Hall–Kier alpha value is 43.2. The fourth-order valence-electron chi connectivity index (χ4n) is 2.18. The SMILES string of the molecule is Cc1cccc2c(-c3[c-]cccc3)[c-]ccc12.[Y].[Y].[Y].[Y].[Y].[Y].[Y].[Y].[Y].[Y].[Y].[Y].[Y].[Y].[Y].[Y].[Y].[Y].[Y].[Y].[Y].[Y].[Y].[Y].[Y].[Y].[Y].[Y].[Y].[Y].[Y].[Y].[Y].[Y].[Y].[Y].[Y].[Y].[Y].[Y].[Y]. The smallest absolute Gasteiger partial charge is 0 e. The molecule has 41 heteroatoms. The first-order chi connectivity index (χ1) is 8.36. The maximum Gasteiger partial charge on any atom is 0 e. The van der Waals surface area contributed by atoms with E-state index in [1.165, 1.54) is 16.3 Å². The summed E-state index contributed by atoms with van der Waals surface area (Å²) in [6, 6.07) is 25.1. The Morgan fingerprint density at radius 2 is 0.517 bits per heavy atom. The monoisotopic (exact) mass is 3860 g/mol. The van der Waals surface area contributed by atoms with Crippen LogP contribution in [0.4, 0.5) is 0 Å². The summed E-state index contributed by atoms with van der Waals surface area (Å²) in [6.45, 7) is 2.14. The molecule has 0 unspecified atom stereocenters. The standard InChI is InChI=1S/C17H12.41Y/c1-13-7-5-12-17-15(13)10-6-11-16(17)14-8-3-2-4-9-14;;;;;;;;;;;;;;;;;;;;;;;;;;;;;;;;;;;;;;;;;/h2-8,10,12H,1H3;;;;;;;;;;;;;;;;;;;;;;;;;;;;;;;;;;;;;;;;;/q-2;;;;;;;;;;;;;;;;;;;;;;;;;;;;;;;;;;;;;;;;;. The summed E-state index contributed by atoms with van der Waals surface area (Å²) in [5, 5.41) is 2.54. The molecule has 41 radical (unpaired) electrons. The zero-order valence-electron chi connectivity index (χ0n) is 33.4. The Morgan fingerprint density at radius 1 is 0.241 bits per heavy atom. The number of hydrogen-bond donors (Lipinski definition) is 0. The van der Waals surface area contributed by atoms with Crippen LogP contribution in [0.25, 0.3) is 21.9 Å². The average Bonchev–Trinajstić information content (AvgIpc) is 2.40. The van der Waals surface area contributed by atoms with Gasteiger partial charge in [0.1, 0.15) is 0 Å². The first-order valence-corrected chi connectivity index (χ1v) is 5.73. The van der Waals surface area contributed by atoms with Gasteiger partial charge in [0.2, 0.25) is 0 Å². The van der Waals surface area contributed by atoms with Crippen LogP contribution in [0.15, 0.2) is 54.6 Å².